The molecule has 0 unspecified atom stereocenters. The number of ether oxygens (including phenoxy) is 4. The zero-order chi connectivity index (χ0) is 23.6. The Morgan fingerprint density at radius 1 is 1.09 bits per heavy atom. The minimum atomic E-state index is -4.04. The van der Waals surface area contributed by atoms with E-state index in [9.17, 15) is 8.42 Å². The largest absolute Gasteiger partial charge is 0.493 e. The van der Waals surface area contributed by atoms with Crippen LogP contribution < -0.4 is 18.9 Å². The topological polar surface area (TPSA) is 95.5 Å². The van der Waals surface area contributed by atoms with Crippen molar-refractivity contribution in [3.8, 4) is 17.2 Å². The molecule has 3 rings (SSSR count). The van der Waals surface area contributed by atoms with Crippen molar-refractivity contribution in [2.45, 2.75) is 31.7 Å². The van der Waals surface area contributed by atoms with E-state index in [1.807, 2.05) is 13.8 Å². The summed E-state index contributed by atoms with van der Waals surface area (Å²) in [6, 6.07) is 6.14. The van der Waals surface area contributed by atoms with Gasteiger partial charge in [-0.25, -0.2) is 13.4 Å². The van der Waals surface area contributed by atoms with Crippen LogP contribution in [0.5, 0.6) is 17.2 Å². The fraction of sp³-hybridized carbons (Fsp3) is 0.409. The van der Waals surface area contributed by atoms with Gasteiger partial charge in [0.05, 0.1) is 37.8 Å². The highest BCUT2D eigenvalue weighted by Gasteiger charge is 2.31. The van der Waals surface area contributed by atoms with E-state index in [1.54, 1.807) is 19.1 Å². The van der Waals surface area contributed by atoms with Gasteiger partial charge in [0.1, 0.15) is 12.3 Å². The minimum Gasteiger partial charge on any atom is -0.493 e. The zero-order valence-corrected chi connectivity index (χ0v) is 20.4. The quantitative estimate of drug-likeness (QED) is 0.603. The lowest BCUT2D eigenvalue weighted by molar-refractivity contribution is 0.291. The number of benzene rings is 2. The summed E-state index contributed by atoms with van der Waals surface area (Å²) in [7, 11) is 0.296. The highest BCUT2D eigenvalue weighted by Crippen LogP contribution is 2.46. The molecule has 1 heterocycles. The summed E-state index contributed by atoms with van der Waals surface area (Å²) in [5.74, 6) is 1.27. The van der Waals surface area contributed by atoms with E-state index < -0.39 is 10.0 Å². The third kappa shape index (κ3) is 4.73. The van der Waals surface area contributed by atoms with Gasteiger partial charge in [-0.3, -0.25) is 4.72 Å². The van der Waals surface area contributed by atoms with Crippen molar-refractivity contribution in [3.63, 3.8) is 0 Å². The molecule has 1 N–H and O–H groups in total. The fourth-order valence-corrected chi connectivity index (χ4v) is 4.92. The number of hydrogen-bond donors (Lipinski definition) is 1. The first kappa shape index (κ1) is 24.0. The van der Waals surface area contributed by atoms with Gasteiger partial charge >= 0.3 is 0 Å². The van der Waals surface area contributed by atoms with Gasteiger partial charge in [0, 0.05) is 5.02 Å². The van der Waals surface area contributed by atoms with E-state index in [0.29, 0.717) is 34.4 Å². The van der Waals surface area contributed by atoms with Crippen LogP contribution >= 0.6 is 11.6 Å². The van der Waals surface area contributed by atoms with Crippen LogP contribution in [0.4, 0.5) is 5.69 Å². The molecule has 10 heteroatoms. The lowest BCUT2D eigenvalue weighted by atomic mass is 10.1. The van der Waals surface area contributed by atoms with Crippen molar-refractivity contribution in [3.05, 3.63) is 40.4 Å². The maximum Gasteiger partial charge on any atom is 0.262 e. The predicted octanol–water partition coefficient (Wildman–Crippen LogP) is 4.28. The first-order valence-electron chi connectivity index (χ1n) is 9.95. The zero-order valence-electron chi connectivity index (χ0n) is 18.9. The van der Waals surface area contributed by atoms with E-state index in [4.69, 9.17) is 30.5 Å². The predicted molar refractivity (Wildman–Crippen MR) is 124 cm³/mol. The van der Waals surface area contributed by atoms with Crippen LogP contribution in [0.1, 0.15) is 25.0 Å². The summed E-state index contributed by atoms with van der Waals surface area (Å²) < 4.78 is 51.5. The number of methoxy groups -OCH3 is 3. The summed E-state index contributed by atoms with van der Waals surface area (Å²) in [5, 5.41) is 0.313. The molecule has 1 atom stereocenters. The average Bonchev–Trinajstić information content (AvgIpc) is 3.22. The lowest BCUT2D eigenvalue weighted by Crippen LogP contribution is -2.18. The number of anilines is 1. The fourth-order valence-electron chi connectivity index (χ4n) is 3.36. The summed E-state index contributed by atoms with van der Waals surface area (Å²) in [4.78, 5) is 4.66. The Morgan fingerprint density at radius 3 is 2.31 bits per heavy atom. The highest BCUT2D eigenvalue weighted by atomic mass is 35.5. The number of aliphatic imine (C=N–C) groups is 1. The third-order valence-corrected chi connectivity index (χ3v) is 6.61. The Labute approximate surface area is 193 Å². The average molecular weight is 483 g/mol. The van der Waals surface area contributed by atoms with Crippen LogP contribution in [0, 0.1) is 12.8 Å². The summed E-state index contributed by atoms with van der Waals surface area (Å²) in [6.07, 6.45) is 0. The first-order chi connectivity index (χ1) is 15.1. The molecule has 0 aliphatic carbocycles. The van der Waals surface area contributed by atoms with Crippen LogP contribution in [0.3, 0.4) is 0 Å². The number of sulfonamides is 1. The molecular formula is C22H27ClN2O6S. The van der Waals surface area contributed by atoms with E-state index in [-0.39, 0.29) is 34.0 Å². The van der Waals surface area contributed by atoms with E-state index in [2.05, 4.69) is 9.71 Å². The van der Waals surface area contributed by atoms with Crippen LogP contribution in [-0.2, 0) is 14.8 Å². The minimum absolute atomic E-state index is 0.0135. The van der Waals surface area contributed by atoms with Crippen LogP contribution in [-0.4, -0.2) is 48.3 Å². The third-order valence-electron chi connectivity index (χ3n) is 5.07. The normalized spacial score (nSPS) is 15.9. The molecule has 0 radical (unpaired) electrons. The number of aryl methyl sites for hydroxylation is 1. The maximum atomic E-state index is 13.3. The Bertz CT molecular complexity index is 1130. The molecular weight excluding hydrogens is 456 g/mol. The van der Waals surface area contributed by atoms with Gasteiger partial charge in [-0.05, 0) is 42.7 Å². The second-order valence-electron chi connectivity index (χ2n) is 7.69. The van der Waals surface area contributed by atoms with E-state index in [1.165, 1.54) is 33.5 Å². The summed E-state index contributed by atoms with van der Waals surface area (Å²) in [5.41, 5.74) is 1.22. The molecule has 32 heavy (non-hydrogen) atoms. The molecule has 0 fully saturated rings. The lowest BCUT2D eigenvalue weighted by Gasteiger charge is -2.20. The Morgan fingerprint density at radius 2 is 1.78 bits per heavy atom. The SMILES string of the molecule is COc1cc(C2=N[C@@H](C(C)C)CO2)c(NS(=O)(=O)c2cc(C)cc(Cl)c2)c(OC)c1OC. The molecule has 0 aromatic heterocycles. The van der Waals surface area contributed by atoms with Gasteiger partial charge in [-0.15, -0.1) is 0 Å². The molecule has 1 aliphatic heterocycles. The molecule has 0 saturated carbocycles. The molecule has 174 valence electrons. The summed E-state index contributed by atoms with van der Waals surface area (Å²) >= 11 is 6.09. The molecule has 0 amide bonds. The van der Waals surface area contributed by atoms with Crippen molar-refractivity contribution < 1.29 is 27.4 Å². The number of halogens is 1. The second-order valence-corrected chi connectivity index (χ2v) is 9.81. The van der Waals surface area contributed by atoms with Crippen molar-refractivity contribution in [1.82, 2.24) is 0 Å². The Hall–Kier alpha value is -2.65. The first-order valence-corrected chi connectivity index (χ1v) is 11.8. The van der Waals surface area contributed by atoms with Gasteiger partial charge in [-0.2, -0.15) is 0 Å². The van der Waals surface area contributed by atoms with Gasteiger partial charge in [0.25, 0.3) is 10.0 Å². The van der Waals surface area contributed by atoms with Crippen LogP contribution in [0.15, 0.2) is 34.2 Å². The van der Waals surface area contributed by atoms with Gasteiger partial charge in [0.15, 0.2) is 11.5 Å². The molecule has 8 nitrogen and oxygen atoms in total. The smallest absolute Gasteiger partial charge is 0.262 e. The van der Waals surface area contributed by atoms with Gasteiger partial charge in [0.2, 0.25) is 11.6 Å². The maximum absolute atomic E-state index is 13.3. The van der Waals surface area contributed by atoms with Crippen LogP contribution in [0.25, 0.3) is 0 Å². The molecule has 0 spiro atoms. The Balaban J connectivity index is 2.21. The van der Waals surface area contributed by atoms with E-state index in [0.717, 1.165) is 0 Å². The second kappa shape index (κ2) is 9.46. The van der Waals surface area contributed by atoms with E-state index >= 15 is 0 Å². The number of hydrogen-bond acceptors (Lipinski definition) is 7. The van der Waals surface area contributed by atoms with Crippen molar-refractivity contribution >= 4 is 33.2 Å². The molecule has 1 aliphatic rings. The van der Waals surface area contributed by atoms with Crippen molar-refractivity contribution in [2.75, 3.05) is 32.7 Å². The number of nitrogens with one attached hydrogen (secondary N) is 1. The molecule has 0 saturated heterocycles. The van der Waals surface area contributed by atoms with Crippen molar-refractivity contribution in [1.29, 1.82) is 0 Å². The van der Waals surface area contributed by atoms with Crippen molar-refractivity contribution in [2.24, 2.45) is 10.9 Å². The monoisotopic (exact) mass is 482 g/mol. The number of nitrogens with zero attached hydrogens (tertiary/aromatic N) is 1. The highest BCUT2D eigenvalue weighted by molar-refractivity contribution is 7.92. The molecule has 0 bridgehead atoms. The Kier molecular flexibility index (Phi) is 7.09. The van der Waals surface area contributed by atoms with Crippen LogP contribution in [0.2, 0.25) is 5.02 Å². The standard InChI is InChI=1S/C22H27ClN2O6S/c1-12(2)17-11-31-22(24-17)16-10-18(28-4)20(29-5)21(30-6)19(16)25-32(26,27)15-8-13(3)7-14(23)9-15/h7-10,12,17,25H,11H2,1-6H3/t17-/m1/s1. The number of rotatable bonds is 8. The van der Waals surface area contributed by atoms with Gasteiger partial charge < -0.3 is 18.9 Å². The molecule has 2 aromatic carbocycles. The molecule has 2 aromatic rings. The van der Waals surface area contributed by atoms with Gasteiger partial charge in [-0.1, -0.05) is 25.4 Å². The summed E-state index contributed by atoms with van der Waals surface area (Å²) in [6.45, 7) is 6.24.